The van der Waals surface area contributed by atoms with Gasteiger partial charge in [0.25, 0.3) is 5.91 Å². The summed E-state index contributed by atoms with van der Waals surface area (Å²) in [6.07, 6.45) is 5.42. The minimum absolute atomic E-state index is 0.0181. The van der Waals surface area contributed by atoms with Crippen molar-refractivity contribution in [3.8, 4) is 11.5 Å². The Kier molecular flexibility index (Phi) is 10.6. The van der Waals surface area contributed by atoms with Crippen LogP contribution in [0.25, 0.3) is 0 Å². The lowest BCUT2D eigenvalue weighted by molar-refractivity contribution is -0.385. The number of hydrogen-bond donors (Lipinski definition) is 1. The van der Waals surface area contributed by atoms with E-state index in [1.165, 1.54) is 30.2 Å². The first kappa shape index (κ1) is 29.9. The van der Waals surface area contributed by atoms with Crippen LogP contribution in [0.4, 0.5) is 5.69 Å². The van der Waals surface area contributed by atoms with E-state index in [9.17, 15) is 19.7 Å². The van der Waals surface area contributed by atoms with E-state index in [0.717, 1.165) is 43.2 Å². The predicted molar refractivity (Wildman–Crippen MR) is 156 cm³/mol. The van der Waals surface area contributed by atoms with Crippen LogP contribution in [0.15, 0.2) is 72.8 Å². The van der Waals surface area contributed by atoms with Crippen LogP contribution in [0.5, 0.6) is 11.5 Å². The Bertz CT molecular complexity index is 1350. The van der Waals surface area contributed by atoms with Crippen LogP contribution in [0.2, 0.25) is 5.02 Å². The molecule has 216 valence electrons. The molecular formula is C31H34ClN3O6. The van der Waals surface area contributed by atoms with Crippen molar-refractivity contribution in [1.82, 2.24) is 10.2 Å². The Balaban J connectivity index is 1.61. The Morgan fingerprint density at radius 2 is 1.76 bits per heavy atom. The fourth-order valence-electron chi connectivity index (χ4n) is 5.06. The van der Waals surface area contributed by atoms with Crippen molar-refractivity contribution in [2.24, 2.45) is 0 Å². The number of nitrogens with one attached hydrogen (secondary N) is 1. The van der Waals surface area contributed by atoms with Gasteiger partial charge in [-0.2, -0.15) is 0 Å². The molecule has 0 spiro atoms. The molecule has 4 rings (SSSR count). The van der Waals surface area contributed by atoms with Crippen LogP contribution in [0.3, 0.4) is 0 Å². The Hall–Kier alpha value is -4.11. The third kappa shape index (κ3) is 8.44. The van der Waals surface area contributed by atoms with Crippen molar-refractivity contribution in [3.05, 3.63) is 99.1 Å². The van der Waals surface area contributed by atoms with Gasteiger partial charge in [-0.1, -0.05) is 73.3 Å². The van der Waals surface area contributed by atoms with Gasteiger partial charge in [0.2, 0.25) is 11.7 Å². The first-order chi connectivity index (χ1) is 19.8. The Morgan fingerprint density at radius 3 is 2.44 bits per heavy atom. The van der Waals surface area contributed by atoms with Gasteiger partial charge < -0.3 is 19.7 Å². The van der Waals surface area contributed by atoms with E-state index < -0.39 is 16.9 Å². The molecule has 0 aromatic heterocycles. The second kappa shape index (κ2) is 14.5. The molecule has 2 amide bonds. The molecule has 0 heterocycles. The van der Waals surface area contributed by atoms with E-state index in [1.807, 2.05) is 36.4 Å². The quantitative estimate of drug-likeness (QED) is 0.217. The maximum Gasteiger partial charge on any atom is 0.311 e. The molecule has 1 fully saturated rings. The molecule has 1 aliphatic rings. The standard InChI is InChI=1S/C31H34ClN3O6/c1-40-29-19-26(15-16-27(29)35(38)39)41-21-30(36)34(20-23-11-8-12-24(32)17-23)28(18-22-9-4-2-5-10-22)31(37)33-25-13-6-3-7-14-25/h2,4-5,8-12,15-17,19,25,28H,3,6-7,13-14,18,20-21H2,1H3,(H,33,37)/t28-/m1/s1. The summed E-state index contributed by atoms with van der Waals surface area (Å²) in [4.78, 5) is 39.9. The zero-order valence-electron chi connectivity index (χ0n) is 23.0. The molecule has 1 N–H and O–H groups in total. The highest BCUT2D eigenvalue weighted by molar-refractivity contribution is 6.30. The molecule has 10 heteroatoms. The normalized spacial score (nSPS) is 14.1. The summed E-state index contributed by atoms with van der Waals surface area (Å²) in [7, 11) is 1.32. The number of rotatable bonds is 12. The number of ether oxygens (including phenoxy) is 2. The monoisotopic (exact) mass is 579 g/mol. The van der Waals surface area contributed by atoms with Crippen molar-refractivity contribution in [1.29, 1.82) is 0 Å². The van der Waals surface area contributed by atoms with E-state index in [2.05, 4.69) is 5.32 Å². The molecule has 3 aromatic carbocycles. The van der Waals surface area contributed by atoms with Gasteiger partial charge in [-0.25, -0.2) is 0 Å². The number of carbonyl (C=O) groups is 2. The van der Waals surface area contributed by atoms with Crippen LogP contribution >= 0.6 is 11.6 Å². The molecule has 0 unspecified atom stereocenters. The Morgan fingerprint density at radius 1 is 1.02 bits per heavy atom. The van der Waals surface area contributed by atoms with Crippen LogP contribution < -0.4 is 14.8 Å². The highest BCUT2D eigenvalue weighted by Gasteiger charge is 2.32. The number of hydrogen-bond acceptors (Lipinski definition) is 6. The molecule has 0 saturated heterocycles. The van der Waals surface area contributed by atoms with Gasteiger partial charge in [-0.15, -0.1) is 0 Å². The minimum Gasteiger partial charge on any atom is -0.490 e. The topological polar surface area (TPSA) is 111 Å². The van der Waals surface area contributed by atoms with Crippen LogP contribution in [0, 0.1) is 10.1 Å². The van der Waals surface area contributed by atoms with Crippen molar-refractivity contribution in [3.63, 3.8) is 0 Å². The van der Waals surface area contributed by atoms with Gasteiger partial charge in [0.05, 0.1) is 12.0 Å². The van der Waals surface area contributed by atoms with Crippen LogP contribution in [-0.2, 0) is 22.6 Å². The van der Waals surface area contributed by atoms with Gasteiger partial charge in [0, 0.05) is 36.2 Å². The molecule has 1 aliphatic carbocycles. The lowest BCUT2D eigenvalue weighted by Gasteiger charge is -2.33. The average Bonchev–Trinajstić information content (AvgIpc) is 2.98. The maximum absolute atomic E-state index is 13.8. The number of nitrogens with zero attached hydrogens (tertiary/aromatic N) is 2. The van der Waals surface area contributed by atoms with Gasteiger partial charge >= 0.3 is 5.69 Å². The highest BCUT2D eigenvalue weighted by atomic mass is 35.5. The average molecular weight is 580 g/mol. The van der Waals surface area contributed by atoms with Crippen LogP contribution in [0.1, 0.15) is 43.2 Å². The van der Waals surface area contributed by atoms with Gasteiger partial charge in [-0.05, 0) is 42.2 Å². The Labute approximate surface area is 244 Å². The molecule has 1 atom stereocenters. The number of nitro benzene ring substituents is 1. The second-order valence-electron chi connectivity index (χ2n) is 10.1. The largest absolute Gasteiger partial charge is 0.490 e. The maximum atomic E-state index is 13.8. The van der Waals surface area contributed by atoms with E-state index in [0.29, 0.717) is 11.4 Å². The van der Waals surface area contributed by atoms with Crippen molar-refractivity contribution < 1.29 is 24.0 Å². The third-order valence-electron chi connectivity index (χ3n) is 7.17. The zero-order chi connectivity index (χ0) is 29.2. The lowest BCUT2D eigenvalue weighted by atomic mass is 9.94. The fourth-order valence-corrected chi connectivity index (χ4v) is 5.27. The predicted octanol–water partition coefficient (Wildman–Crippen LogP) is 5.72. The fraction of sp³-hybridized carbons (Fsp3) is 0.355. The van der Waals surface area contributed by atoms with Gasteiger partial charge in [0.15, 0.2) is 6.61 Å². The third-order valence-corrected chi connectivity index (χ3v) is 7.41. The second-order valence-corrected chi connectivity index (χ2v) is 10.5. The van der Waals surface area contributed by atoms with E-state index in [-0.39, 0.29) is 42.3 Å². The minimum atomic E-state index is -0.805. The summed E-state index contributed by atoms with van der Waals surface area (Å²) in [5.74, 6) is -0.380. The number of halogens is 1. The number of benzene rings is 3. The molecule has 41 heavy (non-hydrogen) atoms. The summed E-state index contributed by atoms with van der Waals surface area (Å²) >= 11 is 6.25. The summed E-state index contributed by atoms with van der Waals surface area (Å²) in [6, 6.07) is 20.0. The van der Waals surface area contributed by atoms with Gasteiger partial charge in [-0.3, -0.25) is 19.7 Å². The SMILES string of the molecule is COc1cc(OCC(=O)N(Cc2cccc(Cl)c2)[C@H](Cc2ccccc2)C(=O)NC2CCCCC2)ccc1[N+](=O)[O-]. The van der Waals surface area contributed by atoms with Crippen molar-refractivity contribution in [2.75, 3.05) is 13.7 Å². The molecule has 1 saturated carbocycles. The summed E-state index contributed by atoms with van der Waals surface area (Å²) < 4.78 is 10.9. The van der Waals surface area contributed by atoms with Crippen LogP contribution in [-0.4, -0.2) is 47.4 Å². The molecule has 0 aliphatic heterocycles. The first-order valence-corrected chi connectivity index (χ1v) is 14.0. The number of amides is 2. The number of methoxy groups -OCH3 is 1. The smallest absolute Gasteiger partial charge is 0.311 e. The van der Waals surface area contributed by atoms with Crippen molar-refractivity contribution in [2.45, 2.75) is 57.2 Å². The number of carbonyl (C=O) groups excluding carboxylic acids is 2. The molecule has 3 aromatic rings. The van der Waals surface area contributed by atoms with Gasteiger partial charge in [0.1, 0.15) is 11.8 Å². The number of nitro groups is 1. The van der Waals surface area contributed by atoms with E-state index in [1.54, 1.807) is 18.2 Å². The zero-order valence-corrected chi connectivity index (χ0v) is 23.7. The summed E-state index contributed by atoms with van der Waals surface area (Å²) in [5, 5.41) is 15.0. The first-order valence-electron chi connectivity index (χ1n) is 13.7. The molecule has 9 nitrogen and oxygen atoms in total. The molecule has 0 bridgehead atoms. The molecule has 0 radical (unpaired) electrons. The summed E-state index contributed by atoms with van der Waals surface area (Å²) in [6.45, 7) is -0.245. The summed E-state index contributed by atoms with van der Waals surface area (Å²) in [5.41, 5.74) is 1.48. The molecular weight excluding hydrogens is 546 g/mol. The van der Waals surface area contributed by atoms with Crippen molar-refractivity contribution >= 4 is 29.1 Å². The lowest BCUT2D eigenvalue weighted by Crippen LogP contribution is -2.53. The van der Waals surface area contributed by atoms with E-state index in [4.69, 9.17) is 21.1 Å². The highest BCUT2D eigenvalue weighted by Crippen LogP contribution is 2.31. The van der Waals surface area contributed by atoms with E-state index >= 15 is 0 Å².